The van der Waals surface area contributed by atoms with Gasteiger partial charge in [-0.25, -0.2) is 9.18 Å². The maximum absolute atomic E-state index is 14.0. The highest BCUT2D eigenvalue weighted by atomic mass is 79.9. The third kappa shape index (κ3) is 5.15. The van der Waals surface area contributed by atoms with Gasteiger partial charge in [0.2, 0.25) is 5.91 Å². The fraction of sp³-hybridized carbons (Fsp3) is 0.364. The maximum Gasteiger partial charge on any atom is 0.321 e. The SMILES string of the molecule is Cc1ccccc1CNC(=O)[C@]1(C)CCCN(C(=O)Nc2ccc(Br)cc2F)C1. The lowest BCUT2D eigenvalue weighted by Crippen LogP contribution is -2.52. The predicted molar refractivity (Wildman–Crippen MR) is 115 cm³/mol. The van der Waals surface area contributed by atoms with Gasteiger partial charge in [0.15, 0.2) is 0 Å². The molecule has 0 aromatic heterocycles. The van der Waals surface area contributed by atoms with Crippen LogP contribution < -0.4 is 10.6 Å². The van der Waals surface area contributed by atoms with Crippen LogP contribution in [-0.4, -0.2) is 29.9 Å². The quantitative estimate of drug-likeness (QED) is 0.683. The molecule has 0 aliphatic carbocycles. The molecule has 1 saturated heterocycles. The molecule has 1 heterocycles. The highest BCUT2D eigenvalue weighted by molar-refractivity contribution is 9.10. The Morgan fingerprint density at radius 3 is 2.72 bits per heavy atom. The number of nitrogens with one attached hydrogen (secondary N) is 2. The summed E-state index contributed by atoms with van der Waals surface area (Å²) in [6, 6.07) is 12.0. The van der Waals surface area contributed by atoms with E-state index >= 15 is 0 Å². The van der Waals surface area contributed by atoms with E-state index in [-0.39, 0.29) is 18.1 Å². The van der Waals surface area contributed by atoms with Gasteiger partial charge in [-0.2, -0.15) is 0 Å². The van der Waals surface area contributed by atoms with Gasteiger partial charge in [0.1, 0.15) is 5.82 Å². The number of carbonyl (C=O) groups is 2. The van der Waals surface area contributed by atoms with Crippen molar-refractivity contribution >= 4 is 33.6 Å². The first-order valence-corrected chi connectivity index (χ1v) is 10.4. The van der Waals surface area contributed by atoms with Gasteiger partial charge in [-0.05, 0) is 56.0 Å². The fourth-order valence-corrected chi connectivity index (χ4v) is 3.91. The van der Waals surface area contributed by atoms with Crippen LogP contribution in [0.2, 0.25) is 0 Å². The van der Waals surface area contributed by atoms with Gasteiger partial charge < -0.3 is 15.5 Å². The number of aryl methyl sites for hydroxylation is 1. The van der Waals surface area contributed by atoms with E-state index in [0.29, 0.717) is 30.4 Å². The summed E-state index contributed by atoms with van der Waals surface area (Å²) in [6.07, 6.45) is 1.41. The third-order valence-electron chi connectivity index (χ3n) is 5.41. The largest absolute Gasteiger partial charge is 0.351 e. The van der Waals surface area contributed by atoms with Gasteiger partial charge in [0.25, 0.3) is 0 Å². The molecule has 0 radical (unpaired) electrons. The van der Waals surface area contributed by atoms with E-state index in [4.69, 9.17) is 0 Å². The first kappa shape index (κ1) is 21.3. The van der Waals surface area contributed by atoms with Crippen LogP contribution in [0, 0.1) is 18.2 Å². The molecule has 0 spiro atoms. The minimum atomic E-state index is -0.684. The third-order valence-corrected chi connectivity index (χ3v) is 5.90. The van der Waals surface area contributed by atoms with Gasteiger partial charge >= 0.3 is 6.03 Å². The molecule has 3 rings (SSSR count). The molecule has 7 heteroatoms. The van der Waals surface area contributed by atoms with Gasteiger partial charge in [-0.15, -0.1) is 0 Å². The first-order valence-electron chi connectivity index (χ1n) is 9.62. The Morgan fingerprint density at radius 2 is 2.00 bits per heavy atom. The van der Waals surface area contributed by atoms with Crippen molar-refractivity contribution in [2.45, 2.75) is 33.2 Å². The summed E-state index contributed by atoms with van der Waals surface area (Å²) in [5.74, 6) is -0.587. The molecule has 1 atom stereocenters. The minimum absolute atomic E-state index is 0.0759. The Labute approximate surface area is 178 Å². The average molecular weight is 462 g/mol. The van der Waals surface area contributed by atoms with Crippen molar-refractivity contribution in [2.24, 2.45) is 5.41 Å². The van der Waals surface area contributed by atoms with Crippen molar-refractivity contribution < 1.29 is 14.0 Å². The maximum atomic E-state index is 14.0. The van der Waals surface area contributed by atoms with Crippen LogP contribution in [0.5, 0.6) is 0 Å². The number of urea groups is 1. The summed E-state index contributed by atoms with van der Waals surface area (Å²) in [4.78, 5) is 27.1. The number of halogens is 2. The lowest BCUT2D eigenvalue weighted by molar-refractivity contribution is -0.132. The summed E-state index contributed by atoms with van der Waals surface area (Å²) in [6.45, 7) is 5.16. The van der Waals surface area contributed by atoms with Crippen LogP contribution in [0.1, 0.15) is 30.9 Å². The molecule has 5 nitrogen and oxygen atoms in total. The second-order valence-corrected chi connectivity index (χ2v) is 8.66. The number of benzene rings is 2. The van der Waals surface area contributed by atoms with E-state index in [0.717, 1.165) is 11.1 Å². The Kier molecular flexibility index (Phi) is 6.57. The van der Waals surface area contributed by atoms with Crippen LogP contribution >= 0.6 is 15.9 Å². The second kappa shape index (κ2) is 8.95. The van der Waals surface area contributed by atoms with E-state index in [1.165, 1.54) is 12.1 Å². The van der Waals surface area contributed by atoms with E-state index in [2.05, 4.69) is 26.6 Å². The number of likely N-dealkylation sites (tertiary alicyclic amines) is 1. The van der Waals surface area contributed by atoms with E-state index < -0.39 is 17.3 Å². The zero-order valence-electron chi connectivity index (χ0n) is 16.6. The van der Waals surface area contributed by atoms with Gasteiger partial charge in [0.05, 0.1) is 11.1 Å². The zero-order valence-corrected chi connectivity index (χ0v) is 18.2. The van der Waals surface area contributed by atoms with Crippen LogP contribution in [0.3, 0.4) is 0 Å². The molecule has 2 aromatic carbocycles. The molecule has 0 unspecified atom stereocenters. The lowest BCUT2D eigenvalue weighted by Gasteiger charge is -2.39. The second-order valence-electron chi connectivity index (χ2n) is 7.75. The summed E-state index contributed by atoms with van der Waals surface area (Å²) >= 11 is 3.20. The van der Waals surface area contributed by atoms with Crippen molar-refractivity contribution in [1.82, 2.24) is 10.2 Å². The topological polar surface area (TPSA) is 61.4 Å². The summed E-state index contributed by atoms with van der Waals surface area (Å²) in [7, 11) is 0. The van der Waals surface area contributed by atoms with Crippen LogP contribution in [0.25, 0.3) is 0 Å². The number of hydrogen-bond acceptors (Lipinski definition) is 2. The lowest BCUT2D eigenvalue weighted by atomic mass is 9.81. The van der Waals surface area contributed by atoms with Gasteiger partial charge in [-0.3, -0.25) is 4.79 Å². The van der Waals surface area contributed by atoms with Crippen molar-refractivity contribution in [3.63, 3.8) is 0 Å². The number of rotatable bonds is 4. The standard InChI is InChI=1S/C22H25BrFN3O2/c1-15-6-3-4-7-16(15)13-25-20(28)22(2)10-5-11-27(14-22)21(29)26-19-9-8-17(23)12-18(19)24/h3-4,6-9,12H,5,10-11,13-14H2,1-2H3,(H,25,28)(H,26,29)/t22-/m1/s1. The number of anilines is 1. The van der Waals surface area contributed by atoms with Crippen molar-refractivity contribution in [3.8, 4) is 0 Å². The zero-order chi connectivity index (χ0) is 21.0. The van der Waals surface area contributed by atoms with E-state index in [9.17, 15) is 14.0 Å². The predicted octanol–water partition coefficient (Wildman–Crippen LogP) is 4.85. The molecule has 2 N–H and O–H groups in total. The highest BCUT2D eigenvalue weighted by Gasteiger charge is 2.39. The van der Waals surface area contributed by atoms with Gasteiger partial charge in [0, 0.05) is 24.1 Å². The molecule has 3 amide bonds. The Balaban J connectivity index is 1.62. The van der Waals surface area contributed by atoms with E-state index in [1.807, 2.05) is 38.1 Å². The van der Waals surface area contributed by atoms with Gasteiger partial charge in [-0.1, -0.05) is 40.2 Å². The highest BCUT2D eigenvalue weighted by Crippen LogP contribution is 2.30. The summed E-state index contributed by atoms with van der Waals surface area (Å²) in [5.41, 5.74) is 1.63. The van der Waals surface area contributed by atoms with Crippen molar-refractivity contribution in [1.29, 1.82) is 0 Å². The Bertz CT molecular complexity index is 921. The number of carbonyl (C=O) groups excluding carboxylic acids is 2. The fourth-order valence-electron chi connectivity index (χ4n) is 3.58. The molecule has 1 fully saturated rings. The number of piperidine rings is 1. The number of nitrogens with zero attached hydrogens (tertiary/aromatic N) is 1. The molecule has 0 bridgehead atoms. The molecular formula is C22H25BrFN3O2. The smallest absolute Gasteiger partial charge is 0.321 e. The number of amides is 3. The van der Waals surface area contributed by atoms with Crippen LogP contribution in [0.4, 0.5) is 14.9 Å². The first-order chi connectivity index (χ1) is 13.8. The molecule has 2 aromatic rings. The van der Waals surface area contributed by atoms with Crippen LogP contribution in [-0.2, 0) is 11.3 Å². The average Bonchev–Trinajstić information content (AvgIpc) is 2.69. The Hall–Kier alpha value is -2.41. The molecule has 0 saturated carbocycles. The summed E-state index contributed by atoms with van der Waals surface area (Å²) < 4.78 is 14.6. The Morgan fingerprint density at radius 1 is 1.24 bits per heavy atom. The molecule has 154 valence electrons. The minimum Gasteiger partial charge on any atom is -0.351 e. The van der Waals surface area contributed by atoms with Crippen molar-refractivity contribution in [3.05, 3.63) is 63.9 Å². The van der Waals surface area contributed by atoms with E-state index in [1.54, 1.807) is 11.0 Å². The monoisotopic (exact) mass is 461 g/mol. The normalized spacial score (nSPS) is 19.0. The van der Waals surface area contributed by atoms with Crippen LogP contribution in [0.15, 0.2) is 46.9 Å². The summed E-state index contributed by atoms with van der Waals surface area (Å²) in [5, 5.41) is 5.62. The molecule has 1 aliphatic heterocycles. The molecule has 1 aliphatic rings. The van der Waals surface area contributed by atoms with Crippen molar-refractivity contribution in [2.75, 3.05) is 18.4 Å². The molecular weight excluding hydrogens is 437 g/mol. The molecule has 29 heavy (non-hydrogen) atoms. The number of hydrogen-bond donors (Lipinski definition) is 2.